The number of aliphatic hydroxyl groups is 1. The van der Waals surface area contributed by atoms with Crippen LogP contribution in [0.15, 0.2) is 24.3 Å². The molecule has 0 saturated heterocycles. The molecule has 1 rings (SSSR count). The molecule has 4 N–H and O–H groups in total. The number of aromatic hydroxyl groups is 1. The second kappa shape index (κ2) is 11.1. The number of phenols is 1. The summed E-state index contributed by atoms with van der Waals surface area (Å²) in [7, 11) is 0. The summed E-state index contributed by atoms with van der Waals surface area (Å²) in [5.74, 6) is -1.34. The largest absolute Gasteiger partial charge is 0.508 e. The van der Waals surface area contributed by atoms with E-state index in [0.29, 0.717) is 6.42 Å². The molecule has 0 radical (unpaired) electrons. The Morgan fingerprint density at radius 3 is 2.03 bits per heavy atom. The molecule has 0 aliphatic heterocycles. The van der Waals surface area contributed by atoms with Gasteiger partial charge in [0.25, 0.3) is 0 Å². The number of nitrogens with zero attached hydrogens (tertiary/aromatic N) is 1. The molecule has 0 heterocycles. The fourth-order valence-electron chi connectivity index (χ4n) is 3.30. The van der Waals surface area contributed by atoms with Gasteiger partial charge in [-0.15, -0.1) is 0 Å². The molecule has 0 saturated carbocycles. The number of hydrogen-bond acceptors (Lipinski definition) is 6. The molecule has 3 amide bonds. The molecule has 0 aliphatic carbocycles. The van der Waals surface area contributed by atoms with Crippen molar-refractivity contribution in [1.29, 1.82) is 0 Å². The Bertz CT molecular complexity index is 870. The Morgan fingerprint density at radius 1 is 1.03 bits per heavy atom. The van der Waals surface area contributed by atoms with E-state index in [-0.39, 0.29) is 11.3 Å². The van der Waals surface area contributed by atoms with Crippen LogP contribution in [0.1, 0.15) is 80.3 Å². The first-order valence-corrected chi connectivity index (χ1v) is 11.5. The molecular formula is C25H41N3O6. The molecule has 2 unspecified atom stereocenters. The number of para-hydroxylation sites is 1. The maximum Gasteiger partial charge on any atom is 0.408 e. The fraction of sp³-hybridized carbons (Fsp3) is 0.640. The Labute approximate surface area is 202 Å². The molecule has 9 heteroatoms. The highest BCUT2D eigenvalue weighted by Crippen LogP contribution is 2.36. The SMILES string of the molecule is CCC(C)(C)N(C(=O)C(CO)NC(=O)OC(C)(C)C)C(C(=O)NC(C)(C)C)c1ccccc1O. The summed E-state index contributed by atoms with van der Waals surface area (Å²) in [6.45, 7) is 15.2. The van der Waals surface area contributed by atoms with Gasteiger partial charge in [-0.05, 0) is 67.9 Å². The minimum absolute atomic E-state index is 0.151. The van der Waals surface area contributed by atoms with Crippen molar-refractivity contribution in [1.82, 2.24) is 15.5 Å². The molecule has 1 aromatic rings. The third-order valence-electron chi connectivity index (χ3n) is 5.16. The Hall–Kier alpha value is -2.81. The Balaban J connectivity index is 3.60. The van der Waals surface area contributed by atoms with E-state index < -0.39 is 53.3 Å². The summed E-state index contributed by atoms with van der Waals surface area (Å²) in [4.78, 5) is 41.0. The minimum atomic E-state index is -1.36. The first kappa shape index (κ1) is 29.2. The van der Waals surface area contributed by atoms with Crippen LogP contribution < -0.4 is 10.6 Å². The molecule has 9 nitrogen and oxygen atoms in total. The van der Waals surface area contributed by atoms with Crippen molar-refractivity contribution in [3.8, 4) is 5.75 Å². The zero-order valence-corrected chi connectivity index (χ0v) is 21.9. The number of phenolic OH excluding ortho intramolecular Hbond substituents is 1. The summed E-state index contributed by atoms with van der Waals surface area (Å²) in [6.07, 6.45) is -0.414. The van der Waals surface area contributed by atoms with E-state index in [1.54, 1.807) is 52.8 Å². The molecule has 0 fully saturated rings. The van der Waals surface area contributed by atoms with Crippen LogP contribution in [0.5, 0.6) is 5.75 Å². The molecule has 192 valence electrons. The fourth-order valence-corrected chi connectivity index (χ4v) is 3.30. The number of benzene rings is 1. The van der Waals surface area contributed by atoms with Crippen molar-refractivity contribution in [2.75, 3.05) is 6.61 Å². The average molecular weight is 480 g/mol. The number of ether oxygens (including phenoxy) is 1. The zero-order valence-electron chi connectivity index (χ0n) is 21.9. The van der Waals surface area contributed by atoms with E-state index in [4.69, 9.17) is 4.74 Å². The van der Waals surface area contributed by atoms with Crippen molar-refractivity contribution < 1.29 is 29.3 Å². The monoisotopic (exact) mass is 479 g/mol. The van der Waals surface area contributed by atoms with E-state index >= 15 is 0 Å². The molecule has 0 aromatic heterocycles. The number of nitrogens with one attached hydrogen (secondary N) is 2. The highest BCUT2D eigenvalue weighted by Gasteiger charge is 2.44. The highest BCUT2D eigenvalue weighted by molar-refractivity contribution is 5.93. The van der Waals surface area contributed by atoms with Crippen LogP contribution >= 0.6 is 0 Å². The van der Waals surface area contributed by atoms with Crippen LogP contribution in [0.3, 0.4) is 0 Å². The summed E-state index contributed by atoms with van der Waals surface area (Å²) < 4.78 is 5.24. The second-order valence-electron chi connectivity index (χ2n) is 11.0. The van der Waals surface area contributed by atoms with Crippen LogP contribution in [-0.4, -0.2) is 62.3 Å². The first-order chi connectivity index (χ1) is 15.4. The van der Waals surface area contributed by atoms with Gasteiger partial charge in [0, 0.05) is 16.6 Å². The van der Waals surface area contributed by atoms with E-state index in [2.05, 4.69) is 10.6 Å². The summed E-state index contributed by atoms with van der Waals surface area (Å²) in [6, 6.07) is 3.71. The number of rotatable bonds is 8. The van der Waals surface area contributed by atoms with E-state index in [0.717, 1.165) is 0 Å². The van der Waals surface area contributed by atoms with Gasteiger partial charge in [0.1, 0.15) is 23.4 Å². The van der Waals surface area contributed by atoms with Gasteiger partial charge >= 0.3 is 6.09 Å². The van der Waals surface area contributed by atoms with Crippen molar-refractivity contribution in [3.05, 3.63) is 29.8 Å². The van der Waals surface area contributed by atoms with Crippen molar-refractivity contribution in [2.24, 2.45) is 0 Å². The second-order valence-corrected chi connectivity index (χ2v) is 11.0. The summed E-state index contributed by atoms with van der Waals surface area (Å²) in [5.41, 5.74) is -2.08. The third-order valence-corrected chi connectivity index (χ3v) is 5.16. The maximum absolute atomic E-state index is 13.8. The topological polar surface area (TPSA) is 128 Å². The normalized spacial score (nSPS) is 14.1. The van der Waals surface area contributed by atoms with Gasteiger partial charge in [-0.2, -0.15) is 0 Å². The third kappa shape index (κ3) is 8.20. The number of hydrogen-bond donors (Lipinski definition) is 4. The smallest absolute Gasteiger partial charge is 0.408 e. The summed E-state index contributed by atoms with van der Waals surface area (Å²) in [5, 5.41) is 25.9. The van der Waals surface area contributed by atoms with Gasteiger partial charge in [0.2, 0.25) is 11.8 Å². The van der Waals surface area contributed by atoms with E-state index in [1.165, 1.54) is 11.0 Å². The number of carbonyl (C=O) groups excluding carboxylic acids is 3. The van der Waals surface area contributed by atoms with Crippen molar-refractivity contribution >= 4 is 17.9 Å². The Kier molecular flexibility index (Phi) is 9.52. The average Bonchev–Trinajstić information content (AvgIpc) is 2.67. The summed E-state index contributed by atoms with van der Waals surface area (Å²) >= 11 is 0. The van der Waals surface area contributed by atoms with Crippen molar-refractivity contribution in [3.63, 3.8) is 0 Å². The van der Waals surface area contributed by atoms with E-state index in [1.807, 2.05) is 27.7 Å². The lowest BCUT2D eigenvalue weighted by Gasteiger charge is -2.45. The van der Waals surface area contributed by atoms with Gasteiger partial charge in [-0.3, -0.25) is 9.59 Å². The van der Waals surface area contributed by atoms with Crippen molar-refractivity contribution in [2.45, 2.75) is 97.5 Å². The van der Waals surface area contributed by atoms with Crippen LogP contribution in [0, 0.1) is 0 Å². The number of alkyl carbamates (subject to hydrolysis) is 1. The standard InChI is InChI=1S/C25H41N3O6/c1-10-25(8,9)28(21(32)17(15-29)26-22(33)34-24(5,6)7)19(20(31)27-23(2,3)4)16-13-11-12-14-18(16)30/h11-14,17,19,29-30H,10,15H2,1-9H3,(H,26,33)(H,27,31). The lowest BCUT2D eigenvalue weighted by atomic mass is 9.91. The highest BCUT2D eigenvalue weighted by atomic mass is 16.6. The molecule has 0 spiro atoms. The zero-order chi connectivity index (χ0) is 26.5. The quantitative estimate of drug-likeness (QED) is 0.453. The molecular weight excluding hydrogens is 438 g/mol. The van der Waals surface area contributed by atoms with E-state index in [9.17, 15) is 24.6 Å². The van der Waals surface area contributed by atoms with Crippen LogP contribution in [0.2, 0.25) is 0 Å². The molecule has 0 aliphatic rings. The van der Waals surface area contributed by atoms with Gasteiger partial charge in [-0.1, -0.05) is 25.1 Å². The molecule has 2 atom stereocenters. The number of aliphatic hydroxyl groups excluding tert-OH is 1. The molecule has 0 bridgehead atoms. The predicted octanol–water partition coefficient (Wildman–Crippen LogP) is 3.25. The van der Waals surface area contributed by atoms with Crippen LogP contribution in [0.4, 0.5) is 4.79 Å². The van der Waals surface area contributed by atoms with Crippen LogP contribution in [-0.2, 0) is 14.3 Å². The molecule has 1 aromatic carbocycles. The number of amides is 3. The number of carbonyl (C=O) groups is 3. The minimum Gasteiger partial charge on any atom is -0.508 e. The van der Waals surface area contributed by atoms with Crippen LogP contribution in [0.25, 0.3) is 0 Å². The first-order valence-electron chi connectivity index (χ1n) is 11.5. The predicted molar refractivity (Wildman–Crippen MR) is 130 cm³/mol. The van der Waals surface area contributed by atoms with Gasteiger partial charge < -0.3 is 30.5 Å². The van der Waals surface area contributed by atoms with Gasteiger partial charge in [0.05, 0.1) is 6.61 Å². The Morgan fingerprint density at radius 2 is 1.59 bits per heavy atom. The van der Waals surface area contributed by atoms with Gasteiger partial charge in [0.15, 0.2) is 0 Å². The lowest BCUT2D eigenvalue weighted by Crippen LogP contribution is -2.61. The maximum atomic E-state index is 13.8. The lowest BCUT2D eigenvalue weighted by molar-refractivity contribution is -0.150. The molecule has 34 heavy (non-hydrogen) atoms. The van der Waals surface area contributed by atoms with Gasteiger partial charge in [-0.25, -0.2) is 4.79 Å².